The van der Waals surface area contributed by atoms with Crippen LogP contribution in [-0.2, 0) is 17.5 Å². The number of tetrazole rings is 1. The summed E-state index contributed by atoms with van der Waals surface area (Å²) in [5, 5.41) is 11.6. The molecule has 2 aromatic rings. The molecule has 1 aliphatic heterocycles. The molecule has 31 heavy (non-hydrogen) atoms. The van der Waals surface area contributed by atoms with E-state index in [1.807, 2.05) is 39.5 Å². The third-order valence-electron chi connectivity index (χ3n) is 5.28. The number of carbonyl (C=O) groups is 1. The van der Waals surface area contributed by atoms with Crippen LogP contribution in [0.5, 0.6) is 0 Å². The van der Waals surface area contributed by atoms with Gasteiger partial charge in [0.2, 0.25) is 5.91 Å². The average Bonchev–Trinajstić information content (AvgIpc) is 3.07. The van der Waals surface area contributed by atoms with Crippen LogP contribution in [0.3, 0.4) is 0 Å². The number of piperazine rings is 1. The number of hydrogen-bond donors (Lipinski definition) is 0. The second-order valence-corrected chi connectivity index (χ2v) is 9.86. The topological polar surface area (TPSA) is 67.2 Å². The van der Waals surface area contributed by atoms with Crippen molar-refractivity contribution in [2.45, 2.75) is 59.3 Å². The monoisotopic (exact) mass is 438 g/mol. The van der Waals surface area contributed by atoms with E-state index in [2.05, 4.69) is 20.4 Å². The fourth-order valence-electron chi connectivity index (χ4n) is 3.92. The largest absolute Gasteiger partial charge is 0.416 e. The van der Waals surface area contributed by atoms with Gasteiger partial charge in [-0.15, -0.1) is 5.10 Å². The zero-order valence-electron chi connectivity index (χ0n) is 18.6. The molecule has 1 aromatic carbocycles. The van der Waals surface area contributed by atoms with Crippen molar-refractivity contribution in [3.05, 3.63) is 35.7 Å². The highest BCUT2D eigenvalue weighted by Gasteiger charge is 2.38. The zero-order chi connectivity index (χ0) is 23.0. The fourth-order valence-corrected chi connectivity index (χ4v) is 3.92. The summed E-state index contributed by atoms with van der Waals surface area (Å²) in [4.78, 5) is 16.8. The lowest BCUT2D eigenvalue weighted by Gasteiger charge is -2.47. The zero-order valence-corrected chi connectivity index (χ0v) is 18.6. The van der Waals surface area contributed by atoms with Gasteiger partial charge in [-0.05, 0) is 47.9 Å². The summed E-state index contributed by atoms with van der Waals surface area (Å²) in [6.45, 7) is 12.4. The van der Waals surface area contributed by atoms with Crippen LogP contribution in [0.2, 0.25) is 0 Å². The summed E-state index contributed by atoms with van der Waals surface area (Å²) in [5.74, 6) is 0.579. The Morgan fingerprint density at radius 1 is 1.16 bits per heavy atom. The highest BCUT2D eigenvalue weighted by Crippen LogP contribution is 2.31. The molecule has 7 nitrogen and oxygen atoms in total. The molecule has 1 aromatic heterocycles. The van der Waals surface area contributed by atoms with Crippen molar-refractivity contribution in [2.24, 2.45) is 5.41 Å². The summed E-state index contributed by atoms with van der Waals surface area (Å²) in [6.07, 6.45) is -3.96. The normalized spacial score (nSPS) is 17.7. The summed E-state index contributed by atoms with van der Waals surface area (Å²) < 4.78 is 40.5. The van der Waals surface area contributed by atoms with Crippen LogP contribution in [0.25, 0.3) is 5.69 Å². The number of benzene rings is 1. The predicted octanol–water partition coefficient (Wildman–Crippen LogP) is 3.54. The Kier molecular flexibility index (Phi) is 6.14. The first-order chi connectivity index (χ1) is 14.3. The molecule has 0 bridgehead atoms. The number of carbonyl (C=O) groups excluding carboxylic acids is 1. The fraction of sp³-hybridized carbons (Fsp3) is 0.619. The van der Waals surface area contributed by atoms with Crippen LogP contribution in [0.4, 0.5) is 13.2 Å². The Labute approximate surface area is 180 Å². The molecule has 0 spiro atoms. The first-order valence-corrected chi connectivity index (χ1v) is 10.2. The molecule has 1 aliphatic rings. The number of alkyl halides is 3. The van der Waals surface area contributed by atoms with Crippen molar-refractivity contribution >= 4 is 5.91 Å². The molecule has 0 atom stereocenters. The standard InChI is InChI=1S/C21H29F3N6O/c1-19(2,3)12-18(31)29-10-9-28(14-20(29,4)5)13-17-25-26-27-30(17)16-8-6-7-15(11-16)21(22,23)24/h6-8,11H,9-10,12-14H2,1-5H3. The van der Waals surface area contributed by atoms with Gasteiger partial charge in [-0.25, -0.2) is 0 Å². The van der Waals surface area contributed by atoms with E-state index in [9.17, 15) is 18.0 Å². The Morgan fingerprint density at radius 3 is 2.48 bits per heavy atom. The van der Waals surface area contributed by atoms with Crippen LogP contribution >= 0.6 is 0 Å². The van der Waals surface area contributed by atoms with Crippen molar-refractivity contribution in [1.82, 2.24) is 30.0 Å². The summed E-state index contributed by atoms with van der Waals surface area (Å²) in [5.41, 5.74) is -0.960. The van der Waals surface area contributed by atoms with E-state index in [0.29, 0.717) is 38.4 Å². The minimum Gasteiger partial charge on any atom is -0.335 e. The molecule has 0 unspecified atom stereocenters. The molecule has 0 radical (unpaired) electrons. The predicted molar refractivity (Wildman–Crippen MR) is 109 cm³/mol. The van der Waals surface area contributed by atoms with Crippen LogP contribution in [0.15, 0.2) is 24.3 Å². The molecule has 0 aliphatic carbocycles. The van der Waals surface area contributed by atoms with Gasteiger partial charge < -0.3 is 4.90 Å². The van der Waals surface area contributed by atoms with Crippen molar-refractivity contribution in [3.8, 4) is 5.69 Å². The number of aromatic nitrogens is 4. The number of nitrogens with zero attached hydrogens (tertiary/aromatic N) is 6. The number of amides is 1. The minimum atomic E-state index is -4.44. The lowest BCUT2D eigenvalue weighted by molar-refractivity contribution is -0.142. The van der Waals surface area contributed by atoms with E-state index in [1.54, 1.807) is 6.07 Å². The maximum Gasteiger partial charge on any atom is 0.416 e. The molecule has 0 N–H and O–H groups in total. The van der Waals surface area contributed by atoms with Crippen molar-refractivity contribution in [3.63, 3.8) is 0 Å². The minimum absolute atomic E-state index is 0.0860. The van der Waals surface area contributed by atoms with E-state index < -0.39 is 11.7 Å². The van der Waals surface area contributed by atoms with E-state index in [1.165, 1.54) is 10.7 Å². The van der Waals surface area contributed by atoms with E-state index >= 15 is 0 Å². The second-order valence-electron chi connectivity index (χ2n) is 9.86. The van der Waals surface area contributed by atoms with Crippen LogP contribution < -0.4 is 0 Å². The smallest absolute Gasteiger partial charge is 0.335 e. The molecule has 0 saturated carbocycles. The summed E-state index contributed by atoms with van der Waals surface area (Å²) in [7, 11) is 0. The van der Waals surface area contributed by atoms with Gasteiger partial charge in [-0.1, -0.05) is 26.8 Å². The van der Waals surface area contributed by atoms with Crippen molar-refractivity contribution in [1.29, 1.82) is 0 Å². The number of rotatable bonds is 4. The van der Waals surface area contributed by atoms with E-state index in [-0.39, 0.29) is 22.5 Å². The molecular weight excluding hydrogens is 409 g/mol. The van der Waals surface area contributed by atoms with Gasteiger partial charge in [0.1, 0.15) is 0 Å². The average molecular weight is 438 g/mol. The SMILES string of the molecule is CC(C)(C)CC(=O)N1CCN(Cc2nnnn2-c2cccc(C(F)(F)F)c2)CC1(C)C. The van der Waals surface area contributed by atoms with E-state index in [4.69, 9.17) is 0 Å². The van der Waals surface area contributed by atoms with Crippen LogP contribution in [-0.4, -0.2) is 61.1 Å². The molecular formula is C21H29F3N6O. The first kappa shape index (κ1) is 23.2. The van der Waals surface area contributed by atoms with Gasteiger partial charge in [0.15, 0.2) is 5.82 Å². The highest BCUT2D eigenvalue weighted by molar-refractivity contribution is 5.77. The third kappa shape index (κ3) is 5.61. The summed E-state index contributed by atoms with van der Waals surface area (Å²) in [6, 6.07) is 4.94. The maximum absolute atomic E-state index is 13.1. The van der Waals surface area contributed by atoms with Gasteiger partial charge in [-0.3, -0.25) is 9.69 Å². The van der Waals surface area contributed by atoms with Crippen molar-refractivity contribution in [2.75, 3.05) is 19.6 Å². The van der Waals surface area contributed by atoms with Crippen LogP contribution in [0, 0.1) is 5.41 Å². The molecule has 1 saturated heterocycles. The molecule has 1 fully saturated rings. The molecule has 3 rings (SSSR count). The molecule has 10 heteroatoms. The van der Waals surface area contributed by atoms with Gasteiger partial charge >= 0.3 is 6.18 Å². The number of halogens is 3. The molecule has 170 valence electrons. The van der Waals surface area contributed by atoms with Crippen molar-refractivity contribution < 1.29 is 18.0 Å². The Hall–Kier alpha value is -2.49. The Balaban J connectivity index is 1.74. The van der Waals surface area contributed by atoms with Gasteiger partial charge in [0.25, 0.3) is 0 Å². The number of hydrogen-bond acceptors (Lipinski definition) is 5. The first-order valence-electron chi connectivity index (χ1n) is 10.2. The van der Waals surface area contributed by atoms with Crippen LogP contribution in [0.1, 0.15) is 52.4 Å². The van der Waals surface area contributed by atoms with Gasteiger partial charge in [0.05, 0.1) is 17.8 Å². The highest BCUT2D eigenvalue weighted by atomic mass is 19.4. The second kappa shape index (κ2) is 8.22. The quantitative estimate of drug-likeness (QED) is 0.731. The lowest BCUT2D eigenvalue weighted by atomic mass is 9.89. The van der Waals surface area contributed by atoms with E-state index in [0.717, 1.165) is 12.1 Å². The maximum atomic E-state index is 13.1. The third-order valence-corrected chi connectivity index (χ3v) is 5.28. The lowest BCUT2D eigenvalue weighted by Crippen LogP contribution is -2.61. The Morgan fingerprint density at radius 2 is 1.87 bits per heavy atom. The molecule has 2 heterocycles. The van der Waals surface area contributed by atoms with Gasteiger partial charge in [0, 0.05) is 31.6 Å². The molecule has 1 amide bonds. The Bertz CT molecular complexity index is 932. The van der Waals surface area contributed by atoms with Gasteiger partial charge in [-0.2, -0.15) is 17.9 Å². The summed E-state index contributed by atoms with van der Waals surface area (Å²) >= 11 is 0.